The summed E-state index contributed by atoms with van der Waals surface area (Å²) >= 11 is 1.74. The van der Waals surface area contributed by atoms with Crippen LogP contribution in [0.25, 0.3) is 0 Å². The number of carbonyl (C=O) groups is 1. The summed E-state index contributed by atoms with van der Waals surface area (Å²) in [4.78, 5) is 21.2. The van der Waals surface area contributed by atoms with Crippen molar-refractivity contribution in [2.24, 2.45) is 0 Å². The third kappa shape index (κ3) is 3.60. The van der Waals surface area contributed by atoms with E-state index in [-0.39, 0.29) is 18.6 Å². The maximum atomic E-state index is 11.4. The third-order valence-electron chi connectivity index (χ3n) is 4.02. The summed E-state index contributed by atoms with van der Waals surface area (Å²) in [7, 11) is 0. The van der Waals surface area contributed by atoms with Crippen molar-refractivity contribution in [2.75, 3.05) is 39.4 Å². The molecule has 2 saturated heterocycles. The van der Waals surface area contributed by atoms with E-state index < -0.39 is 0 Å². The number of aromatic nitrogens is 1. The van der Waals surface area contributed by atoms with Crippen LogP contribution in [-0.4, -0.2) is 65.2 Å². The smallest absolute Gasteiger partial charge is 0.248 e. The van der Waals surface area contributed by atoms with Crippen LogP contribution in [0.5, 0.6) is 0 Å². The maximum Gasteiger partial charge on any atom is 0.248 e. The van der Waals surface area contributed by atoms with Gasteiger partial charge in [0.1, 0.15) is 17.7 Å². The summed E-state index contributed by atoms with van der Waals surface area (Å²) < 4.78 is 5.66. The summed E-state index contributed by atoms with van der Waals surface area (Å²) in [5.74, 6) is -0.173. The normalized spacial score (nSPS) is 23.7. The van der Waals surface area contributed by atoms with E-state index in [9.17, 15) is 4.79 Å². The second-order valence-electron chi connectivity index (χ2n) is 5.48. The third-order valence-corrected chi connectivity index (χ3v) is 5.09. The number of hydrogen-bond donors (Lipinski definition) is 1. The summed E-state index contributed by atoms with van der Waals surface area (Å²) in [5, 5.41) is 9.97. The van der Waals surface area contributed by atoms with Crippen LogP contribution < -0.4 is 0 Å². The van der Waals surface area contributed by atoms with Gasteiger partial charge in [-0.1, -0.05) is 0 Å². The Hall–Kier alpha value is -1.02. The Bertz CT molecular complexity index is 480. The summed E-state index contributed by atoms with van der Waals surface area (Å²) in [6.45, 7) is 4.41. The van der Waals surface area contributed by atoms with Crippen molar-refractivity contribution < 1.29 is 14.6 Å². The van der Waals surface area contributed by atoms with Gasteiger partial charge in [0.2, 0.25) is 5.91 Å². The summed E-state index contributed by atoms with van der Waals surface area (Å²) in [6.07, 6.45) is 4.35. The summed E-state index contributed by atoms with van der Waals surface area (Å²) in [6, 6.07) is 0. The van der Waals surface area contributed by atoms with Crippen molar-refractivity contribution in [3.05, 3.63) is 16.1 Å². The number of hydrogen-bond acceptors (Lipinski definition) is 6. The van der Waals surface area contributed by atoms with Crippen LogP contribution in [0, 0.1) is 0 Å². The molecule has 0 bridgehead atoms. The minimum absolute atomic E-state index is 0.173. The highest BCUT2D eigenvalue weighted by molar-refractivity contribution is 7.11. The van der Waals surface area contributed by atoms with Crippen LogP contribution in [0.2, 0.25) is 0 Å². The average Bonchev–Trinajstić information content (AvgIpc) is 3.18. The van der Waals surface area contributed by atoms with Crippen molar-refractivity contribution in [3.63, 3.8) is 0 Å². The Morgan fingerprint density at radius 1 is 1.43 bits per heavy atom. The van der Waals surface area contributed by atoms with E-state index in [2.05, 4.69) is 9.88 Å². The van der Waals surface area contributed by atoms with Crippen LogP contribution in [0.15, 0.2) is 6.20 Å². The zero-order chi connectivity index (χ0) is 14.7. The predicted molar refractivity (Wildman–Crippen MR) is 79.0 cm³/mol. The van der Waals surface area contributed by atoms with E-state index in [0.717, 1.165) is 44.1 Å². The fourth-order valence-electron chi connectivity index (χ4n) is 2.79. The van der Waals surface area contributed by atoms with Crippen LogP contribution >= 0.6 is 11.3 Å². The lowest BCUT2D eigenvalue weighted by atomic mass is 10.2. The van der Waals surface area contributed by atoms with Gasteiger partial charge in [0, 0.05) is 50.4 Å². The zero-order valence-electron chi connectivity index (χ0n) is 12.0. The molecule has 1 atom stereocenters. The van der Waals surface area contributed by atoms with E-state index in [1.54, 1.807) is 16.2 Å². The SMILES string of the molecule is O=C(CO)N1CCN(Cc2cnc(C3CCCO3)s2)CC1. The summed E-state index contributed by atoms with van der Waals surface area (Å²) in [5.41, 5.74) is 0. The minimum Gasteiger partial charge on any atom is -0.387 e. The first-order valence-electron chi connectivity index (χ1n) is 7.43. The molecule has 2 aliphatic rings. The highest BCUT2D eigenvalue weighted by Gasteiger charge is 2.23. The van der Waals surface area contributed by atoms with Gasteiger partial charge in [-0.3, -0.25) is 9.69 Å². The van der Waals surface area contributed by atoms with Crippen molar-refractivity contribution in [1.82, 2.24) is 14.8 Å². The zero-order valence-corrected chi connectivity index (χ0v) is 12.8. The molecule has 1 aromatic heterocycles. The van der Waals surface area contributed by atoms with Gasteiger partial charge >= 0.3 is 0 Å². The maximum absolute atomic E-state index is 11.4. The van der Waals surface area contributed by atoms with Crippen molar-refractivity contribution in [1.29, 1.82) is 0 Å². The van der Waals surface area contributed by atoms with Crippen LogP contribution in [-0.2, 0) is 16.1 Å². The highest BCUT2D eigenvalue weighted by atomic mass is 32.1. The van der Waals surface area contributed by atoms with Gasteiger partial charge in [0.15, 0.2) is 0 Å². The molecular formula is C14H21N3O3S. The number of ether oxygens (including phenoxy) is 1. The predicted octanol–water partition coefficient (Wildman–Crippen LogP) is 0.631. The molecule has 0 spiro atoms. The first-order chi connectivity index (χ1) is 10.3. The second kappa shape index (κ2) is 6.83. The first-order valence-corrected chi connectivity index (χ1v) is 8.25. The van der Waals surface area contributed by atoms with Gasteiger partial charge in [0.25, 0.3) is 0 Å². The Labute approximate surface area is 128 Å². The second-order valence-corrected chi connectivity index (χ2v) is 6.63. The molecular weight excluding hydrogens is 290 g/mol. The van der Waals surface area contributed by atoms with E-state index in [1.165, 1.54) is 4.88 Å². The molecule has 1 N–H and O–H groups in total. The molecule has 6 nitrogen and oxygen atoms in total. The lowest BCUT2D eigenvalue weighted by Gasteiger charge is -2.34. The largest absolute Gasteiger partial charge is 0.387 e. The van der Waals surface area contributed by atoms with Crippen molar-refractivity contribution in [2.45, 2.75) is 25.5 Å². The van der Waals surface area contributed by atoms with Crippen LogP contribution in [0.3, 0.4) is 0 Å². The molecule has 116 valence electrons. The molecule has 3 rings (SSSR count). The molecule has 2 fully saturated rings. The highest BCUT2D eigenvalue weighted by Crippen LogP contribution is 2.31. The van der Waals surface area contributed by atoms with E-state index in [0.29, 0.717) is 13.1 Å². The Kier molecular flexibility index (Phi) is 4.84. The number of nitrogens with zero attached hydrogens (tertiary/aromatic N) is 3. The lowest BCUT2D eigenvalue weighted by molar-refractivity contribution is -0.135. The van der Waals surface area contributed by atoms with Gasteiger partial charge in [0.05, 0.1) is 0 Å². The molecule has 1 aromatic rings. The molecule has 2 aliphatic heterocycles. The minimum atomic E-state index is -0.389. The molecule has 0 aromatic carbocycles. The number of thiazole rings is 1. The van der Waals surface area contributed by atoms with Gasteiger partial charge in [-0.25, -0.2) is 4.98 Å². The molecule has 0 aliphatic carbocycles. The van der Waals surface area contributed by atoms with Gasteiger partial charge in [-0.15, -0.1) is 11.3 Å². The topological polar surface area (TPSA) is 65.9 Å². The van der Waals surface area contributed by atoms with Gasteiger partial charge < -0.3 is 14.7 Å². The molecule has 0 saturated carbocycles. The van der Waals surface area contributed by atoms with Crippen molar-refractivity contribution >= 4 is 17.2 Å². The number of amides is 1. The van der Waals surface area contributed by atoms with Gasteiger partial charge in [-0.2, -0.15) is 0 Å². The molecule has 7 heteroatoms. The van der Waals surface area contributed by atoms with Crippen LogP contribution in [0.4, 0.5) is 0 Å². The number of rotatable bonds is 4. The molecule has 1 unspecified atom stereocenters. The lowest BCUT2D eigenvalue weighted by Crippen LogP contribution is -2.49. The number of aliphatic hydroxyl groups excluding tert-OH is 1. The number of aliphatic hydroxyl groups is 1. The Balaban J connectivity index is 1.50. The Morgan fingerprint density at radius 3 is 2.90 bits per heavy atom. The quantitative estimate of drug-likeness (QED) is 0.883. The van der Waals surface area contributed by atoms with Crippen LogP contribution in [0.1, 0.15) is 28.8 Å². The van der Waals surface area contributed by atoms with Crippen molar-refractivity contribution in [3.8, 4) is 0 Å². The van der Waals surface area contributed by atoms with E-state index >= 15 is 0 Å². The molecule has 3 heterocycles. The average molecular weight is 311 g/mol. The fraction of sp³-hybridized carbons (Fsp3) is 0.714. The molecule has 21 heavy (non-hydrogen) atoms. The van der Waals surface area contributed by atoms with E-state index in [1.807, 2.05) is 6.20 Å². The molecule has 1 amide bonds. The monoisotopic (exact) mass is 311 g/mol. The number of carbonyl (C=O) groups excluding carboxylic acids is 1. The van der Waals surface area contributed by atoms with E-state index in [4.69, 9.17) is 9.84 Å². The fourth-order valence-corrected chi connectivity index (χ4v) is 3.84. The van der Waals surface area contributed by atoms with Gasteiger partial charge in [-0.05, 0) is 12.8 Å². The standard InChI is InChI=1S/C14H21N3O3S/c18-10-13(19)17-5-3-16(4-6-17)9-11-8-15-14(21-11)12-2-1-7-20-12/h8,12,18H,1-7,9-10H2. The Morgan fingerprint density at radius 2 is 2.24 bits per heavy atom. The molecule has 0 radical (unpaired) electrons. The first kappa shape index (κ1) is 14.9. The number of piperazine rings is 1.